The lowest BCUT2D eigenvalue weighted by molar-refractivity contribution is -0.148. The summed E-state index contributed by atoms with van der Waals surface area (Å²) in [5.74, 6) is -0.548. The predicted molar refractivity (Wildman–Crippen MR) is 69.1 cm³/mol. The number of carbonyl (C=O) groups excluding carboxylic acids is 2. The average molecular weight is 300 g/mol. The van der Waals surface area contributed by atoms with Crippen LogP contribution in [0.15, 0.2) is 24.3 Å². The van der Waals surface area contributed by atoms with Crippen molar-refractivity contribution in [2.45, 2.75) is 32.1 Å². The van der Waals surface area contributed by atoms with Gasteiger partial charge >= 0.3 is 6.18 Å². The third-order valence-corrected chi connectivity index (χ3v) is 3.26. The van der Waals surface area contributed by atoms with Gasteiger partial charge in [0.15, 0.2) is 0 Å². The van der Waals surface area contributed by atoms with Crippen LogP contribution in [0.2, 0.25) is 0 Å². The molecule has 1 fully saturated rings. The van der Waals surface area contributed by atoms with Crippen molar-refractivity contribution in [1.29, 1.82) is 0 Å². The maximum absolute atomic E-state index is 12.5. The van der Waals surface area contributed by atoms with Crippen LogP contribution in [-0.2, 0) is 22.3 Å². The van der Waals surface area contributed by atoms with Crippen molar-refractivity contribution in [3.63, 3.8) is 0 Å². The first-order valence-corrected chi connectivity index (χ1v) is 6.36. The Morgan fingerprint density at radius 2 is 1.76 bits per heavy atom. The van der Waals surface area contributed by atoms with Gasteiger partial charge in [-0.05, 0) is 31.5 Å². The summed E-state index contributed by atoms with van der Waals surface area (Å²) in [6.07, 6.45) is -4.39. The van der Waals surface area contributed by atoms with Crippen molar-refractivity contribution in [2.75, 3.05) is 6.54 Å². The molecule has 1 saturated heterocycles. The van der Waals surface area contributed by atoms with Crippen LogP contribution in [0.3, 0.4) is 0 Å². The molecule has 0 unspecified atom stereocenters. The molecule has 114 valence electrons. The van der Waals surface area contributed by atoms with Gasteiger partial charge in [0.2, 0.25) is 11.8 Å². The van der Waals surface area contributed by atoms with Crippen molar-refractivity contribution < 1.29 is 22.8 Å². The highest BCUT2D eigenvalue weighted by molar-refractivity contribution is 5.97. The van der Waals surface area contributed by atoms with Gasteiger partial charge in [-0.2, -0.15) is 13.2 Å². The van der Waals surface area contributed by atoms with Crippen LogP contribution in [0.25, 0.3) is 0 Å². The summed E-state index contributed by atoms with van der Waals surface area (Å²) in [7, 11) is 0. The number of nitrogens with zero attached hydrogens (tertiary/aromatic N) is 1. The molecule has 2 amide bonds. The van der Waals surface area contributed by atoms with Crippen molar-refractivity contribution in [2.24, 2.45) is 0 Å². The van der Waals surface area contributed by atoms with E-state index in [9.17, 15) is 22.8 Å². The number of nitrogens with one attached hydrogen (secondary N) is 1. The molecule has 0 aliphatic carbocycles. The third kappa shape index (κ3) is 3.34. The fourth-order valence-electron chi connectivity index (χ4n) is 2.23. The van der Waals surface area contributed by atoms with Crippen LogP contribution in [0.4, 0.5) is 13.2 Å². The Balaban J connectivity index is 2.14. The maximum atomic E-state index is 12.5. The first-order chi connectivity index (χ1) is 9.59. The van der Waals surface area contributed by atoms with E-state index in [1.165, 1.54) is 17.0 Å². The largest absolute Gasteiger partial charge is 0.416 e. The first kappa shape index (κ1) is 15.3. The Bertz CT molecular complexity index is 565. The lowest BCUT2D eigenvalue weighted by atomic mass is 10.00. The zero-order valence-electron chi connectivity index (χ0n) is 11.6. The number of carbonyl (C=O) groups is 2. The van der Waals surface area contributed by atoms with E-state index in [1.54, 1.807) is 13.8 Å². The van der Waals surface area contributed by atoms with Crippen LogP contribution in [0.1, 0.15) is 25.0 Å². The van der Waals surface area contributed by atoms with E-state index in [0.29, 0.717) is 5.56 Å². The molecule has 0 bridgehead atoms. The van der Waals surface area contributed by atoms with Gasteiger partial charge in [-0.1, -0.05) is 12.1 Å². The normalized spacial score (nSPS) is 18.6. The Kier molecular flexibility index (Phi) is 3.69. The van der Waals surface area contributed by atoms with Gasteiger partial charge in [0.05, 0.1) is 12.1 Å². The van der Waals surface area contributed by atoms with Crippen LogP contribution in [0, 0.1) is 0 Å². The lowest BCUT2D eigenvalue weighted by Crippen LogP contribution is -2.63. The third-order valence-electron chi connectivity index (χ3n) is 3.26. The summed E-state index contributed by atoms with van der Waals surface area (Å²) in [4.78, 5) is 25.0. The van der Waals surface area contributed by atoms with Gasteiger partial charge in [0.1, 0.15) is 5.54 Å². The minimum Gasteiger partial charge on any atom is -0.341 e. The number of benzene rings is 1. The van der Waals surface area contributed by atoms with E-state index in [0.717, 1.165) is 12.1 Å². The van der Waals surface area contributed by atoms with Gasteiger partial charge in [-0.15, -0.1) is 0 Å². The van der Waals surface area contributed by atoms with Crippen molar-refractivity contribution in [1.82, 2.24) is 10.2 Å². The lowest BCUT2D eigenvalue weighted by Gasteiger charge is -2.37. The van der Waals surface area contributed by atoms with Crippen LogP contribution < -0.4 is 5.32 Å². The smallest absolute Gasteiger partial charge is 0.341 e. The standard InChI is InChI=1S/C14H15F3N2O2/c1-13(2)12(21)19(8-11(20)18-13)7-9-3-5-10(6-4-9)14(15,16)17/h3-6H,7-8H2,1-2H3,(H,18,20). The minimum absolute atomic E-state index is 0.0940. The summed E-state index contributed by atoms with van der Waals surface area (Å²) < 4.78 is 37.4. The Morgan fingerprint density at radius 3 is 2.29 bits per heavy atom. The van der Waals surface area contributed by atoms with E-state index in [1.807, 2.05) is 0 Å². The summed E-state index contributed by atoms with van der Waals surface area (Å²) in [5, 5.41) is 2.57. The maximum Gasteiger partial charge on any atom is 0.416 e. The molecule has 0 spiro atoms. The van der Waals surface area contributed by atoms with Gasteiger partial charge in [0.25, 0.3) is 0 Å². The van der Waals surface area contributed by atoms with Gasteiger partial charge < -0.3 is 10.2 Å². The van der Waals surface area contributed by atoms with Gasteiger partial charge in [0, 0.05) is 6.54 Å². The zero-order valence-corrected chi connectivity index (χ0v) is 11.6. The second kappa shape index (κ2) is 5.05. The number of rotatable bonds is 2. The van der Waals surface area contributed by atoms with E-state index >= 15 is 0 Å². The van der Waals surface area contributed by atoms with Crippen LogP contribution >= 0.6 is 0 Å². The molecule has 1 aromatic carbocycles. The highest BCUT2D eigenvalue weighted by Gasteiger charge is 2.39. The van der Waals surface area contributed by atoms with Crippen molar-refractivity contribution in [3.8, 4) is 0 Å². The van der Waals surface area contributed by atoms with Gasteiger partial charge in [-0.25, -0.2) is 0 Å². The highest BCUT2D eigenvalue weighted by Crippen LogP contribution is 2.29. The molecule has 0 aromatic heterocycles. The molecular formula is C14H15F3N2O2. The van der Waals surface area contributed by atoms with Crippen molar-refractivity contribution in [3.05, 3.63) is 35.4 Å². The van der Waals surface area contributed by atoms with Crippen molar-refractivity contribution >= 4 is 11.8 Å². The molecule has 21 heavy (non-hydrogen) atoms. The molecule has 7 heteroatoms. The second-order valence-corrected chi connectivity index (χ2v) is 5.53. The number of amides is 2. The molecule has 1 aromatic rings. The fraction of sp³-hybridized carbons (Fsp3) is 0.429. The second-order valence-electron chi connectivity index (χ2n) is 5.53. The van der Waals surface area contributed by atoms with Crippen LogP contribution in [-0.4, -0.2) is 28.8 Å². The Morgan fingerprint density at radius 1 is 1.19 bits per heavy atom. The monoisotopic (exact) mass is 300 g/mol. The Labute approximate surface area is 119 Å². The minimum atomic E-state index is -4.39. The van der Waals surface area contributed by atoms with E-state index < -0.39 is 17.3 Å². The molecule has 1 aliphatic heterocycles. The Hall–Kier alpha value is -2.05. The number of hydrogen-bond donors (Lipinski definition) is 1. The molecule has 1 heterocycles. The topological polar surface area (TPSA) is 49.4 Å². The summed E-state index contributed by atoms with van der Waals surface area (Å²) >= 11 is 0. The van der Waals surface area contributed by atoms with E-state index in [-0.39, 0.29) is 24.9 Å². The molecule has 1 aliphatic rings. The predicted octanol–water partition coefficient (Wildman–Crippen LogP) is 1.94. The SMILES string of the molecule is CC1(C)NC(=O)CN(Cc2ccc(C(F)(F)F)cc2)C1=O. The fourth-order valence-corrected chi connectivity index (χ4v) is 2.23. The molecule has 2 rings (SSSR count). The number of halogens is 3. The van der Waals surface area contributed by atoms with Gasteiger partial charge in [-0.3, -0.25) is 9.59 Å². The van der Waals surface area contributed by atoms with E-state index in [4.69, 9.17) is 0 Å². The summed E-state index contributed by atoms with van der Waals surface area (Å²) in [5.41, 5.74) is -1.20. The molecule has 0 atom stereocenters. The zero-order chi connectivity index (χ0) is 15.8. The first-order valence-electron chi connectivity index (χ1n) is 6.36. The number of hydrogen-bond acceptors (Lipinski definition) is 2. The average Bonchev–Trinajstić information content (AvgIpc) is 2.34. The molecule has 4 nitrogen and oxygen atoms in total. The highest BCUT2D eigenvalue weighted by atomic mass is 19.4. The summed E-state index contributed by atoms with van der Waals surface area (Å²) in [6.45, 7) is 3.19. The molecule has 1 N–H and O–H groups in total. The molecule has 0 radical (unpaired) electrons. The van der Waals surface area contributed by atoms with E-state index in [2.05, 4.69) is 5.32 Å². The summed E-state index contributed by atoms with van der Waals surface area (Å²) in [6, 6.07) is 4.56. The quantitative estimate of drug-likeness (QED) is 0.907. The van der Waals surface area contributed by atoms with Crippen LogP contribution in [0.5, 0.6) is 0 Å². The number of alkyl halides is 3. The molecular weight excluding hydrogens is 285 g/mol. The number of piperazine rings is 1. The molecule has 0 saturated carbocycles.